The molecular formula is C28H35FN4O3S. The highest BCUT2D eigenvalue weighted by Crippen LogP contribution is 2.55. The minimum Gasteiger partial charge on any atom is -0.483 e. The van der Waals surface area contributed by atoms with E-state index in [1.165, 1.54) is 36.7 Å². The van der Waals surface area contributed by atoms with E-state index in [1.807, 2.05) is 0 Å². The van der Waals surface area contributed by atoms with Crippen LogP contribution in [0.25, 0.3) is 0 Å². The van der Waals surface area contributed by atoms with Crippen LogP contribution in [-0.4, -0.2) is 34.5 Å². The SMILES string of the molecule is O=C(N[C@@H]1CCCC[C@@H]1NC(=O)c1csc(COc2ccccc2F)n1)NC12CC3CC(CC(C3)C1)C2. The fraction of sp³-hybridized carbons (Fsp3) is 0.607. The molecule has 0 radical (unpaired) electrons. The van der Waals surface area contributed by atoms with Gasteiger partial charge in [0.15, 0.2) is 11.6 Å². The van der Waals surface area contributed by atoms with Gasteiger partial charge in [0.05, 0.1) is 6.04 Å². The molecule has 1 aromatic carbocycles. The van der Waals surface area contributed by atoms with Gasteiger partial charge in [-0.3, -0.25) is 4.79 Å². The summed E-state index contributed by atoms with van der Waals surface area (Å²) in [5.41, 5.74) is 0.285. The first-order valence-electron chi connectivity index (χ1n) is 13.7. The van der Waals surface area contributed by atoms with Gasteiger partial charge in [0.25, 0.3) is 5.91 Å². The van der Waals surface area contributed by atoms with Crippen molar-refractivity contribution in [3.8, 4) is 5.75 Å². The molecule has 5 fully saturated rings. The minimum absolute atomic E-state index is 0.0338. The molecule has 0 unspecified atom stereocenters. The highest BCUT2D eigenvalue weighted by Gasteiger charge is 2.51. The van der Waals surface area contributed by atoms with Crippen LogP contribution in [0.3, 0.4) is 0 Å². The molecule has 2 atom stereocenters. The van der Waals surface area contributed by atoms with Crippen molar-refractivity contribution in [2.75, 3.05) is 0 Å². The van der Waals surface area contributed by atoms with E-state index < -0.39 is 5.82 Å². The molecule has 1 aromatic heterocycles. The molecule has 5 saturated carbocycles. The number of rotatable bonds is 7. The summed E-state index contributed by atoms with van der Waals surface area (Å²) in [6.07, 6.45) is 11.1. The molecule has 4 bridgehead atoms. The van der Waals surface area contributed by atoms with Crippen molar-refractivity contribution in [3.05, 3.63) is 46.2 Å². The van der Waals surface area contributed by atoms with E-state index >= 15 is 0 Å². The molecule has 9 heteroatoms. The van der Waals surface area contributed by atoms with Crippen molar-refractivity contribution in [3.63, 3.8) is 0 Å². The average molecular weight is 527 g/mol. The fourth-order valence-corrected chi connectivity index (χ4v) is 8.30. The molecule has 1 heterocycles. The van der Waals surface area contributed by atoms with E-state index in [4.69, 9.17) is 4.74 Å². The maximum absolute atomic E-state index is 13.8. The molecule has 5 aliphatic rings. The summed E-state index contributed by atoms with van der Waals surface area (Å²) in [4.78, 5) is 30.5. The zero-order chi connectivity index (χ0) is 25.4. The lowest BCUT2D eigenvalue weighted by atomic mass is 9.53. The van der Waals surface area contributed by atoms with Gasteiger partial charge in [-0.1, -0.05) is 25.0 Å². The first-order chi connectivity index (χ1) is 17.9. The number of hydrogen-bond donors (Lipinski definition) is 3. The number of hydrogen-bond acceptors (Lipinski definition) is 5. The first-order valence-corrected chi connectivity index (χ1v) is 14.5. The summed E-state index contributed by atoms with van der Waals surface area (Å²) in [7, 11) is 0. The number of carbonyl (C=O) groups is 2. The van der Waals surface area contributed by atoms with Crippen LogP contribution in [-0.2, 0) is 6.61 Å². The Labute approximate surface area is 221 Å². The third kappa shape index (κ3) is 5.47. The van der Waals surface area contributed by atoms with Crippen LogP contribution >= 0.6 is 11.3 Å². The Balaban J connectivity index is 1.03. The standard InChI is InChI=1S/C28H35FN4O3S/c29-20-5-1-4-8-24(20)36-15-25-30-23(16-37-25)26(34)31-21-6-2-3-7-22(21)32-27(35)33-28-12-17-9-18(13-28)11-19(10-17)14-28/h1,4-5,8,16-19,21-22H,2-3,6-7,9-15H2,(H,31,34)(H2,32,33,35)/t17?,18?,19?,21-,22+,28?/m0/s1. The third-order valence-corrected chi connectivity index (χ3v) is 9.61. The van der Waals surface area contributed by atoms with Crippen LogP contribution in [0.5, 0.6) is 5.75 Å². The zero-order valence-electron chi connectivity index (χ0n) is 21.0. The molecule has 0 aliphatic heterocycles. The maximum Gasteiger partial charge on any atom is 0.315 e. The number of halogens is 1. The summed E-state index contributed by atoms with van der Waals surface area (Å²) in [5, 5.41) is 12.0. The molecule has 0 saturated heterocycles. The van der Waals surface area contributed by atoms with Crippen LogP contribution < -0.4 is 20.7 Å². The van der Waals surface area contributed by atoms with Crippen LogP contribution in [0.2, 0.25) is 0 Å². The monoisotopic (exact) mass is 526 g/mol. The maximum atomic E-state index is 13.8. The number of aromatic nitrogens is 1. The van der Waals surface area contributed by atoms with Gasteiger partial charge in [-0.05, 0) is 81.3 Å². The van der Waals surface area contributed by atoms with Crippen LogP contribution in [0.1, 0.15) is 79.7 Å². The van der Waals surface area contributed by atoms with Gasteiger partial charge in [0.2, 0.25) is 0 Å². The van der Waals surface area contributed by atoms with Crippen molar-refractivity contribution in [1.82, 2.24) is 20.9 Å². The van der Waals surface area contributed by atoms with E-state index in [-0.39, 0.29) is 41.9 Å². The highest BCUT2D eigenvalue weighted by atomic mass is 32.1. The second-order valence-electron chi connectivity index (χ2n) is 11.6. The van der Waals surface area contributed by atoms with Gasteiger partial charge in [-0.15, -0.1) is 11.3 Å². The molecule has 2 aromatic rings. The Morgan fingerprint density at radius 1 is 1.00 bits per heavy atom. The number of ether oxygens (including phenoxy) is 1. The predicted molar refractivity (Wildman–Crippen MR) is 139 cm³/mol. The smallest absolute Gasteiger partial charge is 0.315 e. The van der Waals surface area contributed by atoms with Crippen molar-refractivity contribution < 1.29 is 18.7 Å². The van der Waals surface area contributed by atoms with Gasteiger partial charge < -0.3 is 20.7 Å². The Morgan fingerprint density at radius 3 is 2.32 bits per heavy atom. The summed E-state index contributed by atoms with van der Waals surface area (Å²) >= 11 is 1.31. The number of nitrogens with zero attached hydrogens (tertiary/aromatic N) is 1. The molecule has 5 aliphatic carbocycles. The summed E-state index contributed by atoms with van der Waals surface area (Å²) in [6.45, 7) is 0.0942. The normalized spacial score (nSPS) is 32.1. The zero-order valence-corrected chi connectivity index (χ0v) is 21.8. The van der Waals surface area contributed by atoms with Crippen LogP contribution in [0.15, 0.2) is 29.6 Å². The topological polar surface area (TPSA) is 92.4 Å². The number of urea groups is 1. The quantitative estimate of drug-likeness (QED) is 0.464. The van der Waals surface area contributed by atoms with Crippen molar-refractivity contribution in [1.29, 1.82) is 0 Å². The van der Waals surface area contributed by atoms with Crippen LogP contribution in [0.4, 0.5) is 9.18 Å². The molecule has 3 N–H and O–H groups in total. The molecule has 7 rings (SSSR count). The Kier molecular flexibility index (Phi) is 6.82. The number of para-hydroxylation sites is 1. The highest BCUT2D eigenvalue weighted by molar-refractivity contribution is 7.09. The van der Waals surface area contributed by atoms with Gasteiger partial charge >= 0.3 is 6.03 Å². The summed E-state index contributed by atoms with van der Waals surface area (Å²) in [5.74, 6) is 1.79. The van der Waals surface area contributed by atoms with E-state index in [1.54, 1.807) is 23.6 Å². The first kappa shape index (κ1) is 24.6. The second-order valence-corrected chi connectivity index (χ2v) is 12.6. The molecule has 7 nitrogen and oxygen atoms in total. The Bertz CT molecular complexity index is 1120. The van der Waals surface area contributed by atoms with Crippen LogP contribution in [0, 0.1) is 23.6 Å². The van der Waals surface area contributed by atoms with Crippen molar-refractivity contribution in [2.24, 2.45) is 17.8 Å². The molecule has 37 heavy (non-hydrogen) atoms. The number of nitrogens with one attached hydrogen (secondary N) is 3. The van der Waals surface area contributed by atoms with Gasteiger partial charge in [-0.25, -0.2) is 14.2 Å². The van der Waals surface area contributed by atoms with Crippen molar-refractivity contribution in [2.45, 2.75) is 88.4 Å². The molecule has 3 amide bonds. The Morgan fingerprint density at radius 2 is 1.65 bits per heavy atom. The lowest BCUT2D eigenvalue weighted by Gasteiger charge is -2.56. The van der Waals surface area contributed by atoms with E-state index in [9.17, 15) is 14.0 Å². The molecule has 198 valence electrons. The van der Waals surface area contributed by atoms with Gasteiger partial charge in [0, 0.05) is 17.0 Å². The number of thiazole rings is 1. The molecule has 0 spiro atoms. The minimum atomic E-state index is -0.430. The van der Waals surface area contributed by atoms with E-state index in [0.29, 0.717) is 10.7 Å². The van der Waals surface area contributed by atoms with E-state index in [0.717, 1.165) is 62.7 Å². The van der Waals surface area contributed by atoms with E-state index in [2.05, 4.69) is 20.9 Å². The largest absolute Gasteiger partial charge is 0.483 e. The average Bonchev–Trinajstić information content (AvgIpc) is 3.33. The number of benzene rings is 1. The fourth-order valence-electron chi connectivity index (χ4n) is 7.61. The molecular weight excluding hydrogens is 491 g/mol. The lowest BCUT2D eigenvalue weighted by molar-refractivity contribution is -0.0138. The van der Waals surface area contributed by atoms with Gasteiger partial charge in [0.1, 0.15) is 17.3 Å². The lowest BCUT2D eigenvalue weighted by Crippen LogP contribution is -2.63. The third-order valence-electron chi connectivity index (χ3n) is 8.79. The predicted octanol–water partition coefficient (Wildman–Crippen LogP) is 5.17. The second kappa shape index (κ2) is 10.2. The van der Waals surface area contributed by atoms with Gasteiger partial charge in [-0.2, -0.15) is 0 Å². The summed E-state index contributed by atoms with van der Waals surface area (Å²) in [6, 6.07) is 5.89. The Hall–Kier alpha value is -2.68. The number of carbonyl (C=O) groups excluding carboxylic acids is 2. The summed E-state index contributed by atoms with van der Waals surface area (Å²) < 4.78 is 19.3. The number of amides is 3. The van der Waals surface area contributed by atoms with Crippen molar-refractivity contribution >= 4 is 23.3 Å².